The van der Waals surface area contributed by atoms with Crippen LogP contribution in [0.3, 0.4) is 0 Å². The third-order valence-electron chi connectivity index (χ3n) is 4.39. The number of halogens is 2. The highest BCUT2D eigenvalue weighted by atomic mass is 79.9. The molecular weight excluding hydrogens is 380 g/mol. The van der Waals surface area contributed by atoms with Crippen molar-refractivity contribution in [2.75, 3.05) is 19.8 Å². The molecule has 1 heterocycles. The summed E-state index contributed by atoms with van der Waals surface area (Å²) in [5, 5.41) is 3.02. The minimum Gasteiger partial charge on any atom is -0.381 e. The van der Waals surface area contributed by atoms with Crippen molar-refractivity contribution >= 4 is 34.2 Å². The van der Waals surface area contributed by atoms with Crippen molar-refractivity contribution in [1.29, 1.82) is 0 Å². The van der Waals surface area contributed by atoms with Crippen LogP contribution in [-0.4, -0.2) is 31.7 Å². The predicted octanol–water partition coefficient (Wildman–Crippen LogP) is 3.02. The summed E-state index contributed by atoms with van der Waals surface area (Å²) in [4.78, 5) is 12.3. The lowest BCUT2D eigenvalue weighted by atomic mass is 9.84. The van der Waals surface area contributed by atoms with Gasteiger partial charge in [-0.05, 0) is 36.5 Å². The van der Waals surface area contributed by atoms with Crippen LogP contribution in [0.25, 0.3) is 0 Å². The lowest BCUT2D eigenvalue weighted by molar-refractivity contribution is -0.124. The highest BCUT2D eigenvalue weighted by molar-refractivity contribution is 9.10. The zero-order valence-electron chi connectivity index (χ0n) is 13.7. The summed E-state index contributed by atoms with van der Waals surface area (Å²) < 4.78 is 6.37. The summed E-state index contributed by atoms with van der Waals surface area (Å²) in [6.07, 6.45) is 1.73. The number of rotatable bonds is 5. The van der Waals surface area contributed by atoms with E-state index in [4.69, 9.17) is 10.5 Å². The number of nitrogens with one attached hydrogen (secondary N) is 1. The van der Waals surface area contributed by atoms with Gasteiger partial charge in [0.2, 0.25) is 5.91 Å². The molecule has 1 aliphatic rings. The van der Waals surface area contributed by atoms with E-state index < -0.39 is 6.04 Å². The number of amides is 1. The molecule has 1 fully saturated rings. The van der Waals surface area contributed by atoms with Crippen molar-refractivity contribution in [3.8, 4) is 0 Å². The zero-order valence-corrected chi connectivity index (χ0v) is 16.1. The van der Waals surface area contributed by atoms with Crippen LogP contribution in [0.15, 0.2) is 28.7 Å². The van der Waals surface area contributed by atoms with Gasteiger partial charge in [0.1, 0.15) is 0 Å². The monoisotopic (exact) mass is 404 g/mol. The molecule has 3 N–H and O–H groups in total. The molecule has 0 saturated carbocycles. The van der Waals surface area contributed by atoms with Gasteiger partial charge in [-0.25, -0.2) is 0 Å². The SMILES string of the molecule is CC(C)(CNC(=O)C(N)C1CCOCC1)c1cccc(Br)c1.Cl. The lowest BCUT2D eigenvalue weighted by Crippen LogP contribution is -2.49. The smallest absolute Gasteiger partial charge is 0.237 e. The molecule has 23 heavy (non-hydrogen) atoms. The molecule has 130 valence electrons. The van der Waals surface area contributed by atoms with Crippen molar-refractivity contribution in [3.05, 3.63) is 34.3 Å². The topological polar surface area (TPSA) is 64.4 Å². The first-order valence-corrected chi connectivity index (χ1v) is 8.56. The largest absolute Gasteiger partial charge is 0.381 e. The quantitative estimate of drug-likeness (QED) is 0.791. The Kier molecular flexibility index (Phi) is 8.01. The van der Waals surface area contributed by atoms with Gasteiger partial charge in [-0.2, -0.15) is 0 Å². The number of carbonyl (C=O) groups excluding carboxylic acids is 1. The Balaban J connectivity index is 0.00000264. The van der Waals surface area contributed by atoms with Crippen LogP contribution >= 0.6 is 28.3 Å². The van der Waals surface area contributed by atoms with Crippen LogP contribution < -0.4 is 11.1 Å². The maximum absolute atomic E-state index is 12.3. The van der Waals surface area contributed by atoms with Crippen LogP contribution in [0.1, 0.15) is 32.3 Å². The molecule has 1 aromatic carbocycles. The molecule has 1 amide bonds. The van der Waals surface area contributed by atoms with Crippen LogP contribution in [0.4, 0.5) is 0 Å². The fourth-order valence-electron chi connectivity index (χ4n) is 2.73. The zero-order chi connectivity index (χ0) is 16.2. The molecule has 0 aromatic heterocycles. The molecule has 2 rings (SSSR count). The average molecular weight is 406 g/mol. The summed E-state index contributed by atoms with van der Waals surface area (Å²) in [6, 6.07) is 7.73. The second-order valence-electron chi connectivity index (χ2n) is 6.59. The van der Waals surface area contributed by atoms with E-state index in [1.807, 2.05) is 12.1 Å². The third kappa shape index (κ3) is 5.75. The normalized spacial score (nSPS) is 17.2. The lowest BCUT2D eigenvalue weighted by Gasteiger charge is -2.29. The number of hydrogen-bond acceptors (Lipinski definition) is 3. The number of ether oxygens (including phenoxy) is 1. The van der Waals surface area contributed by atoms with Crippen molar-refractivity contribution in [2.24, 2.45) is 11.7 Å². The highest BCUT2D eigenvalue weighted by Crippen LogP contribution is 2.25. The molecule has 0 spiro atoms. The van der Waals surface area contributed by atoms with E-state index in [1.165, 1.54) is 5.56 Å². The fraction of sp³-hybridized carbons (Fsp3) is 0.588. The van der Waals surface area contributed by atoms with E-state index in [0.717, 1.165) is 17.3 Å². The summed E-state index contributed by atoms with van der Waals surface area (Å²) in [6.45, 7) is 6.22. The Bertz CT molecular complexity index is 519. The maximum Gasteiger partial charge on any atom is 0.237 e. The minimum atomic E-state index is -0.442. The van der Waals surface area contributed by atoms with E-state index in [0.29, 0.717) is 19.8 Å². The van der Waals surface area contributed by atoms with Gasteiger partial charge < -0.3 is 15.8 Å². The summed E-state index contributed by atoms with van der Waals surface area (Å²) in [5.74, 6) is 0.165. The van der Waals surface area contributed by atoms with Crippen LogP contribution in [0, 0.1) is 5.92 Å². The van der Waals surface area contributed by atoms with Crippen LogP contribution in [-0.2, 0) is 14.9 Å². The summed E-state index contributed by atoms with van der Waals surface area (Å²) in [7, 11) is 0. The fourth-order valence-corrected chi connectivity index (χ4v) is 3.13. The van der Waals surface area contributed by atoms with Crippen molar-refractivity contribution in [2.45, 2.75) is 38.1 Å². The van der Waals surface area contributed by atoms with Crippen LogP contribution in [0.2, 0.25) is 0 Å². The molecule has 4 nitrogen and oxygen atoms in total. The summed E-state index contributed by atoms with van der Waals surface area (Å²) in [5.41, 5.74) is 7.15. The minimum absolute atomic E-state index is 0. The molecule has 1 aliphatic heterocycles. The van der Waals surface area contributed by atoms with Gasteiger partial charge in [-0.3, -0.25) is 4.79 Å². The van der Waals surface area contributed by atoms with Gasteiger partial charge in [-0.15, -0.1) is 12.4 Å². The van der Waals surface area contributed by atoms with Gasteiger partial charge in [-0.1, -0.05) is 41.9 Å². The van der Waals surface area contributed by atoms with Gasteiger partial charge in [0.15, 0.2) is 0 Å². The van der Waals surface area contributed by atoms with Crippen molar-refractivity contribution in [1.82, 2.24) is 5.32 Å². The first-order valence-electron chi connectivity index (χ1n) is 7.77. The molecule has 1 saturated heterocycles. The number of carbonyl (C=O) groups is 1. The van der Waals surface area contributed by atoms with Crippen molar-refractivity contribution in [3.63, 3.8) is 0 Å². The first kappa shape index (κ1) is 20.4. The molecule has 1 aromatic rings. The molecule has 6 heteroatoms. The van der Waals surface area contributed by atoms with Crippen molar-refractivity contribution < 1.29 is 9.53 Å². The standard InChI is InChI=1S/C17H25BrN2O2.ClH/c1-17(2,13-4-3-5-14(18)10-13)11-20-16(21)15(19)12-6-8-22-9-7-12;/h3-5,10,12,15H,6-9,11,19H2,1-2H3,(H,20,21);1H. The van der Waals surface area contributed by atoms with E-state index in [2.05, 4.69) is 47.2 Å². The summed E-state index contributed by atoms with van der Waals surface area (Å²) >= 11 is 3.49. The van der Waals surface area contributed by atoms with Gasteiger partial charge in [0.25, 0.3) is 0 Å². The number of hydrogen-bond donors (Lipinski definition) is 2. The Labute approximate surface area is 153 Å². The maximum atomic E-state index is 12.3. The van der Waals surface area contributed by atoms with Gasteiger partial charge in [0, 0.05) is 29.6 Å². The molecular formula is C17H26BrClN2O2. The number of nitrogens with two attached hydrogens (primary N) is 1. The second-order valence-corrected chi connectivity index (χ2v) is 7.50. The molecule has 1 unspecified atom stereocenters. The molecule has 0 radical (unpaired) electrons. The first-order chi connectivity index (χ1) is 10.4. The Morgan fingerprint density at radius 2 is 2.09 bits per heavy atom. The molecule has 0 bridgehead atoms. The van der Waals surface area contributed by atoms with E-state index in [-0.39, 0.29) is 29.6 Å². The average Bonchev–Trinajstić information content (AvgIpc) is 2.53. The van der Waals surface area contributed by atoms with Gasteiger partial charge in [0.05, 0.1) is 6.04 Å². The Hall–Kier alpha value is -0.620. The van der Waals surface area contributed by atoms with E-state index in [9.17, 15) is 4.79 Å². The molecule has 0 aliphatic carbocycles. The number of benzene rings is 1. The van der Waals surface area contributed by atoms with Gasteiger partial charge >= 0.3 is 0 Å². The van der Waals surface area contributed by atoms with E-state index >= 15 is 0 Å². The predicted molar refractivity (Wildman–Crippen MR) is 98.9 cm³/mol. The Morgan fingerprint density at radius 3 is 2.70 bits per heavy atom. The Morgan fingerprint density at radius 1 is 1.43 bits per heavy atom. The third-order valence-corrected chi connectivity index (χ3v) is 4.88. The van der Waals surface area contributed by atoms with Crippen LogP contribution in [0.5, 0.6) is 0 Å². The van der Waals surface area contributed by atoms with E-state index in [1.54, 1.807) is 0 Å². The molecule has 1 atom stereocenters. The highest BCUT2D eigenvalue weighted by Gasteiger charge is 2.28. The second kappa shape index (κ2) is 9.02.